The van der Waals surface area contributed by atoms with Crippen molar-refractivity contribution in [1.29, 1.82) is 0 Å². The molecule has 4 rings (SSSR count). The van der Waals surface area contributed by atoms with Crippen molar-refractivity contribution in [2.45, 2.75) is 13.8 Å². The van der Waals surface area contributed by atoms with Gasteiger partial charge in [0.15, 0.2) is 0 Å². The third kappa shape index (κ3) is 2.55. The number of hydrogen-bond acceptors (Lipinski definition) is 5. The van der Waals surface area contributed by atoms with E-state index in [4.69, 9.17) is 9.52 Å². The van der Waals surface area contributed by atoms with Gasteiger partial charge in [-0.3, -0.25) is 0 Å². The number of pyridine rings is 1. The topological polar surface area (TPSA) is 93.5 Å². The van der Waals surface area contributed by atoms with Gasteiger partial charge in [0.1, 0.15) is 0 Å². The van der Waals surface area contributed by atoms with Gasteiger partial charge in [-0.05, 0) is 50.2 Å². The van der Waals surface area contributed by atoms with Crippen molar-refractivity contribution in [1.82, 2.24) is 19.8 Å². The van der Waals surface area contributed by atoms with Crippen LogP contribution in [-0.2, 0) is 0 Å². The lowest BCUT2D eigenvalue weighted by Gasteiger charge is -2.04. The summed E-state index contributed by atoms with van der Waals surface area (Å²) in [4.78, 5) is 11.1. The van der Waals surface area contributed by atoms with E-state index in [2.05, 4.69) is 15.3 Å². The standard InChI is InChI=1S/C18H14N4O3/c1-10-8-14-6-7-15(11(2)22(14)21-10)17-20-19-16(25-17)12-4-3-5-13(9-12)18(23)24/h3-9H,1-2H3,(H,23,24). The molecule has 1 N–H and O–H groups in total. The zero-order valence-electron chi connectivity index (χ0n) is 13.6. The van der Waals surface area contributed by atoms with Crippen LogP contribution in [0.3, 0.4) is 0 Å². The molecule has 0 saturated heterocycles. The lowest BCUT2D eigenvalue weighted by molar-refractivity contribution is 0.0697. The minimum absolute atomic E-state index is 0.168. The molecule has 0 aliphatic heterocycles. The molecule has 7 heteroatoms. The minimum Gasteiger partial charge on any atom is -0.478 e. The van der Waals surface area contributed by atoms with Gasteiger partial charge in [-0.15, -0.1) is 10.2 Å². The summed E-state index contributed by atoms with van der Waals surface area (Å²) in [5, 5.41) is 21.7. The van der Waals surface area contributed by atoms with Crippen LogP contribution in [0.2, 0.25) is 0 Å². The molecule has 0 spiro atoms. The number of hydrogen-bond donors (Lipinski definition) is 1. The average molecular weight is 334 g/mol. The molecule has 0 atom stereocenters. The van der Waals surface area contributed by atoms with Crippen LogP contribution in [0, 0.1) is 13.8 Å². The van der Waals surface area contributed by atoms with Crippen molar-refractivity contribution in [3.63, 3.8) is 0 Å². The molecule has 3 heterocycles. The maximum atomic E-state index is 11.1. The summed E-state index contributed by atoms with van der Waals surface area (Å²) in [7, 11) is 0. The van der Waals surface area contributed by atoms with Gasteiger partial charge in [-0.25, -0.2) is 9.31 Å². The smallest absolute Gasteiger partial charge is 0.335 e. The van der Waals surface area contributed by atoms with E-state index in [1.807, 2.05) is 36.6 Å². The number of carboxylic acid groups (broad SMARTS) is 1. The van der Waals surface area contributed by atoms with Gasteiger partial charge in [-0.1, -0.05) is 6.07 Å². The Labute approximate surface area is 142 Å². The lowest BCUT2D eigenvalue weighted by Crippen LogP contribution is -1.96. The number of fused-ring (bicyclic) bond motifs is 1. The number of aromatic nitrogens is 4. The van der Waals surface area contributed by atoms with E-state index in [1.54, 1.807) is 12.1 Å². The number of carbonyl (C=O) groups is 1. The van der Waals surface area contributed by atoms with Crippen LogP contribution in [0.15, 0.2) is 46.9 Å². The van der Waals surface area contributed by atoms with Gasteiger partial charge in [0.05, 0.1) is 28.0 Å². The van der Waals surface area contributed by atoms with E-state index in [9.17, 15) is 4.79 Å². The second kappa shape index (κ2) is 5.55. The Morgan fingerprint density at radius 1 is 1.08 bits per heavy atom. The van der Waals surface area contributed by atoms with Gasteiger partial charge < -0.3 is 9.52 Å². The highest BCUT2D eigenvalue weighted by molar-refractivity contribution is 5.89. The number of benzene rings is 1. The van der Waals surface area contributed by atoms with Gasteiger partial charge in [-0.2, -0.15) is 5.10 Å². The molecule has 0 radical (unpaired) electrons. The maximum absolute atomic E-state index is 11.1. The first-order chi connectivity index (χ1) is 12.0. The van der Waals surface area contributed by atoms with Crippen molar-refractivity contribution in [3.8, 4) is 22.9 Å². The fourth-order valence-electron chi connectivity index (χ4n) is 2.77. The van der Waals surface area contributed by atoms with E-state index in [0.29, 0.717) is 11.5 Å². The predicted molar refractivity (Wildman–Crippen MR) is 90.4 cm³/mol. The summed E-state index contributed by atoms with van der Waals surface area (Å²) in [6.45, 7) is 3.87. The summed E-state index contributed by atoms with van der Waals surface area (Å²) in [5.74, 6) is -0.366. The van der Waals surface area contributed by atoms with Gasteiger partial charge in [0.2, 0.25) is 11.8 Å². The third-order valence-corrected chi connectivity index (χ3v) is 4.00. The molecule has 4 aromatic rings. The molecule has 0 bridgehead atoms. The largest absolute Gasteiger partial charge is 0.478 e. The minimum atomic E-state index is -1.00. The van der Waals surface area contributed by atoms with Crippen LogP contribution in [-0.4, -0.2) is 30.9 Å². The lowest BCUT2D eigenvalue weighted by atomic mass is 10.1. The van der Waals surface area contributed by atoms with Crippen molar-refractivity contribution in [2.75, 3.05) is 0 Å². The molecule has 7 nitrogen and oxygen atoms in total. The molecule has 0 fully saturated rings. The first-order valence-electron chi connectivity index (χ1n) is 7.66. The van der Waals surface area contributed by atoms with Gasteiger partial charge >= 0.3 is 5.97 Å². The Kier molecular flexibility index (Phi) is 3.35. The zero-order valence-corrected chi connectivity index (χ0v) is 13.6. The van der Waals surface area contributed by atoms with Gasteiger partial charge in [0.25, 0.3) is 0 Å². The fraction of sp³-hybridized carbons (Fsp3) is 0.111. The maximum Gasteiger partial charge on any atom is 0.335 e. The van der Waals surface area contributed by atoms with E-state index in [0.717, 1.165) is 22.5 Å². The van der Waals surface area contributed by atoms with Crippen LogP contribution >= 0.6 is 0 Å². The Morgan fingerprint density at radius 2 is 1.88 bits per heavy atom. The van der Waals surface area contributed by atoms with E-state index >= 15 is 0 Å². The highest BCUT2D eigenvalue weighted by atomic mass is 16.4. The second-order valence-corrected chi connectivity index (χ2v) is 5.75. The first-order valence-corrected chi connectivity index (χ1v) is 7.66. The molecule has 3 aromatic heterocycles. The third-order valence-electron chi connectivity index (χ3n) is 4.00. The molecule has 124 valence electrons. The van der Waals surface area contributed by atoms with Gasteiger partial charge in [0, 0.05) is 5.56 Å². The van der Waals surface area contributed by atoms with Crippen LogP contribution in [0.1, 0.15) is 21.7 Å². The SMILES string of the molecule is Cc1cc2ccc(-c3nnc(-c4cccc(C(=O)O)c4)o3)c(C)n2n1. The average Bonchev–Trinajstić information content (AvgIpc) is 3.22. The van der Waals surface area contributed by atoms with Crippen molar-refractivity contribution >= 4 is 11.5 Å². The molecule has 25 heavy (non-hydrogen) atoms. The Morgan fingerprint density at radius 3 is 2.68 bits per heavy atom. The number of aromatic carboxylic acids is 1. The molecular weight excluding hydrogens is 320 g/mol. The molecular formula is C18H14N4O3. The van der Waals surface area contributed by atoms with Crippen LogP contribution in [0.4, 0.5) is 0 Å². The Hall–Kier alpha value is -3.48. The molecule has 0 aliphatic carbocycles. The second-order valence-electron chi connectivity index (χ2n) is 5.75. The molecule has 0 saturated carbocycles. The number of rotatable bonds is 3. The zero-order chi connectivity index (χ0) is 17.6. The molecule has 0 unspecified atom stereocenters. The molecule has 0 amide bonds. The normalized spacial score (nSPS) is 11.1. The highest BCUT2D eigenvalue weighted by Crippen LogP contribution is 2.27. The van der Waals surface area contributed by atoms with Crippen molar-refractivity contribution < 1.29 is 14.3 Å². The van der Waals surface area contributed by atoms with E-state index in [-0.39, 0.29) is 11.5 Å². The Bertz CT molecular complexity index is 1110. The summed E-state index contributed by atoms with van der Waals surface area (Å²) < 4.78 is 7.60. The number of nitrogens with zero attached hydrogens (tertiary/aromatic N) is 4. The van der Waals surface area contributed by atoms with Crippen LogP contribution in [0.25, 0.3) is 28.4 Å². The predicted octanol–water partition coefficient (Wildman–Crippen LogP) is 3.37. The van der Waals surface area contributed by atoms with E-state index in [1.165, 1.54) is 12.1 Å². The first kappa shape index (κ1) is 15.1. The highest BCUT2D eigenvalue weighted by Gasteiger charge is 2.16. The summed E-state index contributed by atoms with van der Waals surface area (Å²) >= 11 is 0. The van der Waals surface area contributed by atoms with Crippen molar-refractivity contribution in [2.24, 2.45) is 0 Å². The monoisotopic (exact) mass is 334 g/mol. The molecule has 1 aromatic carbocycles. The van der Waals surface area contributed by atoms with Crippen molar-refractivity contribution in [3.05, 3.63) is 59.4 Å². The summed E-state index contributed by atoms with van der Waals surface area (Å²) in [5.41, 5.74) is 4.32. The molecule has 0 aliphatic rings. The number of aryl methyl sites for hydroxylation is 2. The summed E-state index contributed by atoms with van der Waals surface area (Å²) in [6, 6.07) is 12.2. The number of carboxylic acids is 1. The van der Waals surface area contributed by atoms with E-state index < -0.39 is 5.97 Å². The Balaban J connectivity index is 1.78. The summed E-state index contributed by atoms with van der Waals surface area (Å²) in [6.07, 6.45) is 0. The quantitative estimate of drug-likeness (QED) is 0.617. The van der Waals surface area contributed by atoms with Crippen LogP contribution < -0.4 is 0 Å². The van der Waals surface area contributed by atoms with Crippen LogP contribution in [0.5, 0.6) is 0 Å². The fourth-order valence-corrected chi connectivity index (χ4v) is 2.77.